The molecule has 3 aromatic rings. The Bertz CT molecular complexity index is 1300. The summed E-state index contributed by atoms with van der Waals surface area (Å²) in [6.07, 6.45) is 1.42. The minimum absolute atomic E-state index is 0.0920. The highest BCUT2D eigenvalue weighted by atomic mass is 35.5. The topological polar surface area (TPSA) is 83.6 Å². The number of hydrogen-bond acceptors (Lipinski definition) is 5. The lowest BCUT2D eigenvalue weighted by Gasteiger charge is -2.31. The van der Waals surface area contributed by atoms with Crippen LogP contribution in [-0.4, -0.2) is 23.4 Å². The summed E-state index contributed by atoms with van der Waals surface area (Å²) in [6, 6.07) is 14.6. The number of nitrogens with zero attached hydrogens (tertiary/aromatic N) is 1. The van der Waals surface area contributed by atoms with Crippen LogP contribution >= 0.6 is 22.9 Å². The van der Waals surface area contributed by atoms with Gasteiger partial charge in [0.05, 0.1) is 20.6 Å². The molecule has 0 atom stereocenters. The maximum absolute atomic E-state index is 13.3. The number of nitrogens with one attached hydrogen (secondary N) is 1. The van der Waals surface area contributed by atoms with E-state index >= 15 is 0 Å². The van der Waals surface area contributed by atoms with Crippen molar-refractivity contribution in [3.05, 3.63) is 70.1 Å². The van der Waals surface area contributed by atoms with Crippen LogP contribution in [0.1, 0.15) is 17.5 Å². The fourth-order valence-corrected chi connectivity index (χ4v) is 7.40. The van der Waals surface area contributed by atoms with E-state index < -0.39 is 20.0 Å². The maximum Gasteiger partial charge on any atom is 0.271 e. The van der Waals surface area contributed by atoms with Crippen LogP contribution in [0.4, 0.5) is 11.4 Å². The molecule has 0 fully saturated rings. The molecule has 1 aliphatic rings. The van der Waals surface area contributed by atoms with E-state index in [1.165, 1.54) is 16.4 Å². The van der Waals surface area contributed by atoms with Gasteiger partial charge in [-0.1, -0.05) is 35.4 Å². The molecular formula is C20H19ClN2O4S3. The van der Waals surface area contributed by atoms with E-state index in [0.29, 0.717) is 28.7 Å². The fourth-order valence-electron chi connectivity index (χ4n) is 3.34. The van der Waals surface area contributed by atoms with Crippen molar-refractivity contribution in [3.63, 3.8) is 0 Å². The first-order chi connectivity index (χ1) is 14.2. The van der Waals surface area contributed by atoms with E-state index in [2.05, 4.69) is 4.72 Å². The lowest BCUT2D eigenvalue weighted by atomic mass is 10.0. The van der Waals surface area contributed by atoms with Gasteiger partial charge in [0.25, 0.3) is 20.0 Å². The molecule has 0 radical (unpaired) electrons. The second-order valence-electron chi connectivity index (χ2n) is 7.00. The van der Waals surface area contributed by atoms with Crippen LogP contribution in [-0.2, 0) is 26.5 Å². The summed E-state index contributed by atoms with van der Waals surface area (Å²) in [5.41, 5.74) is 2.62. The number of benzene rings is 2. The number of thiophene rings is 1. The molecule has 0 saturated carbocycles. The van der Waals surface area contributed by atoms with Crippen LogP contribution < -0.4 is 9.03 Å². The Kier molecular flexibility index (Phi) is 5.56. The van der Waals surface area contributed by atoms with E-state index in [1.54, 1.807) is 42.5 Å². The van der Waals surface area contributed by atoms with Crippen LogP contribution in [0.25, 0.3) is 0 Å². The predicted octanol–water partition coefficient (Wildman–Crippen LogP) is 4.65. The normalized spacial score (nSPS) is 14.4. The summed E-state index contributed by atoms with van der Waals surface area (Å²) in [7, 11) is -7.57. The summed E-state index contributed by atoms with van der Waals surface area (Å²) in [6.45, 7) is 2.23. The third-order valence-electron chi connectivity index (χ3n) is 4.84. The minimum atomic E-state index is -3.81. The van der Waals surface area contributed by atoms with Crippen LogP contribution in [0.5, 0.6) is 0 Å². The van der Waals surface area contributed by atoms with Crippen LogP contribution in [0.3, 0.4) is 0 Å². The first-order valence-corrected chi connectivity index (χ1v) is 13.3. The average molecular weight is 483 g/mol. The number of halogens is 1. The van der Waals surface area contributed by atoms with Crippen molar-refractivity contribution in [2.75, 3.05) is 15.6 Å². The maximum atomic E-state index is 13.3. The van der Waals surface area contributed by atoms with Gasteiger partial charge in [-0.2, -0.15) is 0 Å². The van der Waals surface area contributed by atoms with Crippen molar-refractivity contribution in [1.82, 2.24) is 0 Å². The molecule has 0 spiro atoms. The average Bonchev–Trinajstić information content (AvgIpc) is 3.15. The molecule has 10 heteroatoms. The SMILES string of the molecule is Cc1ccc(S(=O)(=O)N2CCCc3ccc(NS(=O)(=O)c4ccc(Cl)s4)cc32)cc1. The van der Waals surface area contributed by atoms with Gasteiger partial charge in [0, 0.05) is 6.54 Å². The molecule has 4 rings (SSSR count). The summed E-state index contributed by atoms with van der Waals surface area (Å²) >= 11 is 6.81. The number of fused-ring (bicyclic) bond motifs is 1. The molecular weight excluding hydrogens is 464 g/mol. The second-order valence-corrected chi connectivity index (χ2v) is 12.5. The summed E-state index contributed by atoms with van der Waals surface area (Å²) < 4.78 is 56.1. The van der Waals surface area contributed by atoms with Crippen LogP contribution in [0.15, 0.2) is 63.7 Å². The van der Waals surface area contributed by atoms with E-state index in [-0.39, 0.29) is 9.10 Å². The quantitative estimate of drug-likeness (QED) is 0.573. The second kappa shape index (κ2) is 7.88. The Hall–Kier alpha value is -2.07. The molecule has 2 aromatic carbocycles. The van der Waals surface area contributed by atoms with Crippen molar-refractivity contribution in [1.29, 1.82) is 0 Å². The number of anilines is 2. The molecule has 1 aliphatic heterocycles. The molecule has 0 unspecified atom stereocenters. The number of aryl methyl sites for hydroxylation is 2. The Labute approximate surface area is 185 Å². The highest BCUT2D eigenvalue weighted by molar-refractivity contribution is 7.94. The van der Waals surface area contributed by atoms with Gasteiger partial charge in [-0.3, -0.25) is 9.03 Å². The minimum Gasteiger partial charge on any atom is -0.279 e. The molecule has 0 saturated heterocycles. The van der Waals surface area contributed by atoms with Crippen LogP contribution in [0.2, 0.25) is 4.34 Å². The van der Waals surface area contributed by atoms with Gasteiger partial charge in [-0.25, -0.2) is 16.8 Å². The van der Waals surface area contributed by atoms with Crippen molar-refractivity contribution in [2.24, 2.45) is 0 Å². The molecule has 158 valence electrons. The highest BCUT2D eigenvalue weighted by Crippen LogP contribution is 2.35. The smallest absolute Gasteiger partial charge is 0.271 e. The first kappa shape index (κ1) is 21.2. The first-order valence-electron chi connectivity index (χ1n) is 9.17. The Morgan fingerprint density at radius 2 is 1.73 bits per heavy atom. The predicted molar refractivity (Wildman–Crippen MR) is 121 cm³/mol. The molecule has 2 heterocycles. The summed E-state index contributed by atoms with van der Waals surface area (Å²) in [4.78, 5) is 0.208. The van der Waals surface area contributed by atoms with Gasteiger partial charge in [0.1, 0.15) is 4.21 Å². The molecule has 1 aromatic heterocycles. The third-order valence-corrected chi connectivity index (χ3v) is 9.77. The zero-order chi connectivity index (χ0) is 21.5. The number of rotatable bonds is 5. The van der Waals surface area contributed by atoms with Crippen molar-refractivity contribution in [3.8, 4) is 0 Å². The molecule has 30 heavy (non-hydrogen) atoms. The van der Waals surface area contributed by atoms with Crippen molar-refractivity contribution >= 4 is 54.4 Å². The Balaban J connectivity index is 1.70. The van der Waals surface area contributed by atoms with Gasteiger partial charge in [0.15, 0.2) is 0 Å². The lowest BCUT2D eigenvalue weighted by molar-refractivity contribution is 0.586. The largest absolute Gasteiger partial charge is 0.279 e. The Morgan fingerprint density at radius 3 is 2.40 bits per heavy atom. The fraction of sp³-hybridized carbons (Fsp3) is 0.200. The molecule has 1 N–H and O–H groups in total. The molecule has 0 amide bonds. The van der Waals surface area contributed by atoms with Gasteiger partial charge in [0.2, 0.25) is 0 Å². The van der Waals surface area contributed by atoms with Crippen molar-refractivity contribution < 1.29 is 16.8 Å². The van der Waals surface area contributed by atoms with Gasteiger partial charge in [-0.05, 0) is 61.7 Å². The summed E-state index contributed by atoms with van der Waals surface area (Å²) in [5.74, 6) is 0. The number of sulfonamides is 2. The lowest BCUT2D eigenvalue weighted by Crippen LogP contribution is -2.35. The monoisotopic (exact) mass is 482 g/mol. The zero-order valence-corrected chi connectivity index (χ0v) is 19.2. The number of hydrogen-bond donors (Lipinski definition) is 1. The van der Waals surface area contributed by atoms with Gasteiger partial charge >= 0.3 is 0 Å². The molecule has 6 nitrogen and oxygen atoms in total. The van der Waals surface area contributed by atoms with Crippen LogP contribution in [0, 0.1) is 6.92 Å². The Morgan fingerprint density at radius 1 is 1.00 bits per heavy atom. The summed E-state index contributed by atoms with van der Waals surface area (Å²) in [5, 5.41) is 0. The van der Waals surface area contributed by atoms with E-state index in [1.807, 2.05) is 6.92 Å². The molecule has 0 bridgehead atoms. The van der Waals surface area contributed by atoms with E-state index in [9.17, 15) is 16.8 Å². The zero-order valence-electron chi connectivity index (χ0n) is 16.0. The third kappa shape index (κ3) is 4.07. The van der Waals surface area contributed by atoms with Gasteiger partial charge in [-0.15, -0.1) is 11.3 Å². The van der Waals surface area contributed by atoms with E-state index in [4.69, 9.17) is 11.6 Å². The van der Waals surface area contributed by atoms with Crippen molar-refractivity contribution in [2.45, 2.75) is 28.9 Å². The van der Waals surface area contributed by atoms with Gasteiger partial charge < -0.3 is 0 Å². The highest BCUT2D eigenvalue weighted by Gasteiger charge is 2.29. The molecule has 0 aliphatic carbocycles. The van der Waals surface area contributed by atoms with E-state index in [0.717, 1.165) is 28.9 Å². The standard InChI is InChI=1S/C20H19ClN2O4S3/c1-14-4-8-17(9-5-14)30(26,27)23-12-2-3-15-6-7-16(13-18(15)23)22-29(24,25)20-11-10-19(21)28-20/h4-11,13,22H,2-3,12H2,1H3.